The Morgan fingerprint density at radius 2 is 0.417 bits per heavy atom. The Kier molecular flexibility index (Phi) is 9.32. The second kappa shape index (κ2) is 8.95. The quantitative estimate of drug-likeness (QED) is 0.322. The molecule has 0 aliphatic carbocycles. The van der Waals surface area contributed by atoms with Crippen molar-refractivity contribution in [1.82, 2.24) is 0 Å². The van der Waals surface area contributed by atoms with Crippen LogP contribution in [0, 0.1) is 0 Å². The van der Waals surface area contributed by atoms with Crippen molar-refractivity contribution in [2.75, 3.05) is 0 Å². The molecule has 0 aromatic rings. The first-order chi connectivity index (χ1) is 14.5. The fraction of sp³-hybridized carbons (Fsp3) is 1.00. The Morgan fingerprint density at radius 1 is 0.250 bits per heavy atom. The van der Waals surface area contributed by atoms with Gasteiger partial charge in [-0.3, -0.25) is 0 Å². The molecule has 0 aromatic carbocycles. The van der Waals surface area contributed by atoms with Crippen LogP contribution in [0.15, 0.2) is 0 Å². The molecule has 0 heterocycles. The van der Waals surface area contributed by atoms with E-state index in [0.717, 1.165) is 0 Å². The summed E-state index contributed by atoms with van der Waals surface area (Å²) >= 11 is 0. The molecule has 0 bridgehead atoms. The van der Waals surface area contributed by atoms with Gasteiger partial charge in [-0.05, 0) is 0 Å². The minimum atomic E-state index is -9.50. The van der Waals surface area contributed by atoms with Crippen LogP contribution in [0.2, 0.25) is 0 Å². The monoisotopic (exact) mass is 608 g/mol. The van der Waals surface area contributed by atoms with Crippen molar-refractivity contribution in [2.45, 2.75) is 65.6 Å². The van der Waals surface area contributed by atoms with E-state index in [1.807, 2.05) is 0 Å². The minimum absolute atomic E-state index is 0. The van der Waals surface area contributed by atoms with Crippen LogP contribution in [-0.4, -0.2) is 65.6 Å². The van der Waals surface area contributed by atoms with Crippen LogP contribution in [0.4, 0.5) is 101 Å². The molecule has 212 valence electrons. The van der Waals surface area contributed by atoms with E-state index >= 15 is 0 Å². The zero-order valence-electron chi connectivity index (χ0n) is 15.6. The van der Waals surface area contributed by atoms with Crippen molar-refractivity contribution < 1.29 is 136 Å². The SMILES string of the molecule is [Na+].[O-]C(C(F)(F)F)(C(F)(F)F)C(F)(F)C(F)(F)C(F)(F)C(F)(F)C(F)(F)C(F)(F)C(F)(F)C(F)(F)F. The predicted octanol–water partition coefficient (Wildman–Crippen LogP) is 3.22. The molecule has 36 heavy (non-hydrogen) atoms. The zero-order valence-corrected chi connectivity index (χ0v) is 17.6. The number of rotatable bonds is 7. The van der Waals surface area contributed by atoms with Crippen LogP contribution in [0.5, 0.6) is 0 Å². The van der Waals surface area contributed by atoms with E-state index < -0.39 is 65.6 Å². The second-order valence-electron chi connectivity index (χ2n) is 6.20. The summed E-state index contributed by atoms with van der Waals surface area (Å²) in [5.41, 5.74) is -8.80. The van der Waals surface area contributed by atoms with E-state index in [4.69, 9.17) is 0 Å². The molecule has 0 unspecified atom stereocenters. The zero-order chi connectivity index (χ0) is 29.5. The van der Waals surface area contributed by atoms with Gasteiger partial charge in [0.2, 0.25) is 0 Å². The van der Waals surface area contributed by atoms with Crippen LogP contribution >= 0.6 is 0 Å². The van der Waals surface area contributed by atoms with Crippen molar-refractivity contribution in [1.29, 1.82) is 0 Å². The molecular formula is C11F23NaO. The van der Waals surface area contributed by atoms with Gasteiger partial charge in [-0.1, -0.05) is 0 Å². The van der Waals surface area contributed by atoms with Crippen LogP contribution in [0.3, 0.4) is 0 Å². The van der Waals surface area contributed by atoms with Gasteiger partial charge in [0.1, 0.15) is 0 Å². The summed E-state index contributed by atoms with van der Waals surface area (Å²) in [6.45, 7) is 0. The van der Waals surface area contributed by atoms with Crippen molar-refractivity contribution in [3.8, 4) is 0 Å². The molecule has 0 saturated carbocycles. The van der Waals surface area contributed by atoms with Crippen LogP contribution in [0.1, 0.15) is 0 Å². The molecule has 0 aliphatic rings. The number of hydrogen-bond acceptors (Lipinski definition) is 1. The summed E-state index contributed by atoms with van der Waals surface area (Å²) in [7, 11) is 0. The maximum Gasteiger partial charge on any atom is 1.00 e. The smallest absolute Gasteiger partial charge is 0.832 e. The summed E-state index contributed by atoms with van der Waals surface area (Å²) in [6, 6.07) is 0. The fourth-order valence-electron chi connectivity index (χ4n) is 1.90. The third-order valence-corrected chi connectivity index (χ3v) is 3.96. The van der Waals surface area contributed by atoms with E-state index in [2.05, 4.69) is 0 Å². The number of alkyl halides is 23. The van der Waals surface area contributed by atoms with Crippen LogP contribution < -0.4 is 34.7 Å². The average molecular weight is 608 g/mol. The summed E-state index contributed by atoms with van der Waals surface area (Å²) in [5.74, 6) is -64.6. The van der Waals surface area contributed by atoms with Crippen molar-refractivity contribution in [3.63, 3.8) is 0 Å². The Balaban J connectivity index is 0. The van der Waals surface area contributed by atoms with Gasteiger partial charge in [0.05, 0.1) is 0 Å². The molecule has 0 aromatic heterocycles. The molecule has 0 fully saturated rings. The molecule has 1 nitrogen and oxygen atoms in total. The van der Waals surface area contributed by atoms with Gasteiger partial charge in [-0.2, -0.15) is 101 Å². The van der Waals surface area contributed by atoms with Crippen molar-refractivity contribution in [3.05, 3.63) is 0 Å². The van der Waals surface area contributed by atoms with Crippen molar-refractivity contribution in [2.24, 2.45) is 0 Å². The molecule has 0 amide bonds. The first-order valence-corrected chi connectivity index (χ1v) is 7.05. The van der Waals surface area contributed by atoms with E-state index in [1.54, 1.807) is 0 Å². The van der Waals surface area contributed by atoms with E-state index in [0.29, 0.717) is 0 Å². The van der Waals surface area contributed by atoms with Crippen LogP contribution in [0.25, 0.3) is 0 Å². The third kappa shape index (κ3) is 4.37. The van der Waals surface area contributed by atoms with Gasteiger partial charge < -0.3 is 5.11 Å². The first-order valence-electron chi connectivity index (χ1n) is 7.05. The first kappa shape index (κ1) is 37.5. The van der Waals surface area contributed by atoms with E-state index in [-0.39, 0.29) is 29.6 Å². The van der Waals surface area contributed by atoms with Gasteiger partial charge >= 0.3 is 89.5 Å². The maximum absolute atomic E-state index is 13.3. The largest absolute Gasteiger partial charge is 1.00 e. The third-order valence-electron chi connectivity index (χ3n) is 3.96. The van der Waals surface area contributed by atoms with Gasteiger partial charge in [0.15, 0.2) is 5.60 Å². The molecule has 0 aliphatic heterocycles. The number of halogens is 23. The Bertz CT molecular complexity index is 769. The second-order valence-corrected chi connectivity index (χ2v) is 6.20. The molecule has 0 radical (unpaired) electrons. The van der Waals surface area contributed by atoms with Crippen LogP contribution in [-0.2, 0) is 0 Å². The predicted molar refractivity (Wildman–Crippen MR) is 55.5 cm³/mol. The van der Waals surface area contributed by atoms with Gasteiger partial charge in [-0.25, -0.2) is 0 Å². The topological polar surface area (TPSA) is 23.1 Å². The minimum Gasteiger partial charge on any atom is -0.832 e. The van der Waals surface area contributed by atoms with Gasteiger partial charge in [-0.15, -0.1) is 0 Å². The number of hydrogen-bond donors (Lipinski definition) is 0. The summed E-state index contributed by atoms with van der Waals surface area (Å²) in [5, 5.41) is 10.7. The molecule has 25 heteroatoms. The summed E-state index contributed by atoms with van der Waals surface area (Å²) in [4.78, 5) is 0. The van der Waals surface area contributed by atoms with Crippen molar-refractivity contribution >= 4 is 0 Å². The van der Waals surface area contributed by atoms with Gasteiger partial charge in [0, 0.05) is 0 Å². The molecule has 0 spiro atoms. The molecule has 0 saturated heterocycles. The normalized spacial score (nSPS) is 16.7. The van der Waals surface area contributed by atoms with Gasteiger partial charge in [0.25, 0.3) is 0 Å². The molecule has 0 rings (SSSR count). The Morgan fingerprint density at radius 3 is 0.583 bits per heavy atom. The molecular weight excluding hydrogens is 608 g/mol. The molecule has 0 atom stereocenters. The van der Waals surface area contributed by atoms with E-state index in [9.17, 15) is 106 Å². The maximum atomic E-state index is 13.3. The average Bonchev–Trinajstić information content (AvgIpc) is 2.56. The Hall–Kier alpha value is -0.650. The Labute approximate surface area is 201 Å². The summed E-state index contributed by atoms with van der Waals surface area (Å²) in [6.07, 6.45) is -25.0. The molecule has 0 N–H and O–H groups in total. The standard InChI is InChI=1S/C11F23O.Na/c12-2(13,1(35,9(26,27)28)10(29,30)31)3(14,15)4(16,17)5(18,19)6(20,21)7(22,23)8(24,25)11(32,33)34;/q-1;+1. The fourth-order valence-corrected chi connectivity index (χ4v) is 1.90. The van der Waals surface area contributed by atoms with E-state index in [1.165, 1.54) is 0 Å². The summed E-state index contributed by atoms with van der Waals surface area (Å²) < 4.78 is 292.